The second kappa shape index (κ2) is 8.80. The summed E-state index contributed by atoms with van der Waals surface area (Å²) in [5.74, 6) is -0.518. The minimum atomic E-state index is -3.51. The van der Waals surface area contributed by atoms with Gasteiger partial charge in [0.1, 0.15) is 10.8 Å². The van der Waals surface area contributed by atoms with Crippen molar-refractivity contribution in [3.05, 3.63) is 57.0 Å². The van der Waals surface area contributed by atoms with E-state index in [0.717, 1.165) is 30.6 Å². The van der Waals surface area contributed by atoms with Gasteiger partial charge in [0, 0.05) is 30.1 Å². The van der Waals surface area contributed by atoms with Gasteiger partial charge in [-0.05, 0) is 30.5 Å². The second-order valence-corrected chi connectivity index (χ2v) is 9.78. The molecule has 1 aromatic carbocycles. The summed E-state index contributed by atoms with van der Waals surface area (Å²) in [5.41, 5.74) is 0.446. The summed E-state index contributed by atoms with van der Waals surface area (Å²) >= 11 is 1.07. The maximum Gasteiger partial charge on any atom is 0.311 e. The number of nitro groups is 1. The molecule has 8 nitrogen and oxygen atoms in total. The fraction of sp³-hybridized carbons (Fsp3) is 0.389. The summed E-state index contributed by atoms with van der Waals surface area (Å²) in [4.78, 5) is 22.9. The topological polar surface area (TPSA) is 107 Å². The number of nitro benzene ring substituents is 1. The van der Waals surface area contributed by atoms with E-state index in [9.17, 15) is 23.3 Å². The number of hydrogen-bond acceptors (Lipinski definition) is 7. The molecule has 0 spiro atoms. The number of sulfonamides is 1. The van der Waals surface area contributed by atoms with Gasteiger partial charge in [0.2, 0.25) is 0 Å². The molecule has 150 valence electrons. The molecule has 0 saturated carbocycles. The molecule has 0 unspecified atom stereocenters. The van der Waals surface area contributed by atoms with Crippen molar-refractivity contribution in [1.82, 2.24) is 4.31 Å². The number of nitrogens with zero attached hydrogens (tertiary/aromatic N) is 2. The molecule has 2 aromatic rings. The number of carbonyl (C=O) groups excluding carboxylic acids is 1. The molecule has 0 radical (unpaired) electrons. The third kappa shape index (κ3) is 4.94. The molecular weight excluding hydrogens is 404 g/mol. The van der Waals surface area contributed by atoms with Gasteiger partial charge in [-0.1, -0.05) is 18.6 Å². The van der Waals surface area contributed by atoms with Crippen LogP contribution in [-0.2, 0) is 32.6 Å². The standard InChI is InChI=1S/C18H20N2O6S2/c21-17(26-13-14-5-4-6-15(11-14)20(22)23)12-16-7-8-18(27-16)28(24,25)19-9-2-1-3-10-19/h4-8,11H,1-3,9-10,12-13H2. The van der Waals surface area contributed by atoms with E-state index in [0.29, 0.717) is 23.5 Å². The smallest absolute Gasteiger partial charge is 0.311 e. The van der Waals surface area contributed by atoms with Crippen molar-refractivity contribution < 1.29 is 22.9 Å². The number of thiophene rings is 1. The van der Waals surface area contributed by atoms with Gasteiger partial charge in [-0.2, -0.15) is 4.31 Å². The van der Waals surface area contributed by atoms with E-state index >= 15 is 0 Å². The zero-order valence-electron chi connectivity index (χ0n) is 15.1. The van der Waals surface area contributed by atoms with Crippen LogP contribution in [-0.4, -0.2) is 36.7 Å². The van der Waals surface area contributed by atoms with E-state index < -0.39 is 20.9 Å². The van der Waals surface area contributed by atoms with Crippen LogP contribution in [0.25, 0.3) is 0 Å². The first kappa shape index (κ1) is 20.4. The number of non-ortho nitro benzene ring substituents is 1. The summed E-state index contributed by atoms with van der Waals surface area (Å²) in [5, 5.41) is 10.8. The van der Waals surface area contributed by atoms with E-state index in [4.69, 9.17) is 4.74 Å². The largest absolute Gasteiger partial charge is 0.461 e. The van der Waals surface area contributed by atoms with Gasteiger partial charge in [-0.25, -0.2) is 8.42 Å². The summed E-state index contributed by atoms with van der Waals surface area (Å²) in [6.45, 7) is 0.979. The Morgan fingerprint density at radius 1 is 1.18 bits per heavy atom. The average Bonchev–Trinajstić information content (AvgIpc) is 3.16. The van der Waals surface area contributed by atoms with Crippen LogP contribution in [0.15, 0.2) is 40.6 Å². The lowest BCUT2D eigenvalue weighted by Gasteiger charge is -2.25. The van der Waals surface area contributed by atoms with Crippen molar-refractivity contribution in [3.8, 4) is 0 Å². The average molecular weight is 425 g/mol. The molecule has 3 rings (SSSR count). The molecule has 1 saturated heterocycles. The van der Waals surface area contributed by atoms with Crippen LogP contribution >= 0.6 is 11.3 Å². The Kier molecular flexibility index (Phi) is 6.42. The molecule has 28 heavy (non-hydrogen) atoms. The number of hydrogen-bond donors (Lipinski definition) is 0. The molecule has 1 aliphatic rings. The number of carbonyl (C=O) groups is 1. The maximum atomic E-state index is 12.6. The molecule has 0 atom stereocenters. The first-order chi connectivity index (χ1) is 13.4. The highest BCUT2D eigenvalue weighted by Crippen LogP contribution is 2.27. The summed E-state index contributed by atoms with van der Waals surface area (Å²) in [6.07, 6.45) is 2.72. The molecular formula is C18H20N2O6S2. The molecule has 0 aliphatic carbocycles. The zero-order valence-corrected chi connectivity index (χ0v) is 16.7. The van der Waals surface area contributed by atoms with Crippen LogP contribution in [0.2, 0.25) is 0 Å². The zero-order chi connectivity index (χ0) is 20.1. The lowest BCUT2D eigenvalue weighted by atomic mass is 10.2. The Labute approximate surface area is 166 Å². The lowest BCUT2D eigenvalue weighted by Crippen LogP contribution is -2.35. The van der Waals surface area contributed by atoms with E-state index in [1.54, 1.807) is 12.1 Å². The highest BCUT2D eigenvalue weighted by molar-refractivity contribution is 7.91. The van der Waals surface area contributed by atoms with E-state index in [-0.39, 0.29) is 22.9 Å². The number of rotatable bonds is 7. The van der Waals surface area contributed by atoms with Gasteiger partial charge < -0.3 is 4.74 Å². The molecule has 0 N–H and O–H groups in total. The van der Waals surface area contributed by atoms with Crippen LogP contribution in [0.1, 0.15) is 29.7 Å². The van der Waals surface area contributed by atoms with Crippen molar-refractivity contribution >= 4 is 33.0 Å². The third-order valence-corrected chi connectivity index (χ3v) is 7.84. The molecule has 1 aliphatic heterocycles. The van der Waals surface area contributed by atoms with Crippen molar-refractivity contribution in [2.24, 2.45) is 0 Å². The summed E-state index contributed by atoms with van der Waals surface area (Å²) in [7, 11) is -3.51. The predicted octanol–water partition coefficient (Wildman–Crippen LogP) is 3.12. The first-order valence-electron chi connectivity index (χ1n) is 8.84. The van der Waals surface area contributed by atoms with Gasteiger partial charge in [0.05, 0.1) is 11.3 Å². The molecule has 1 fully saturated rings. The predicted molar refractivity (Wildman–Crippen MR) is 104 cm³/mol. The van der Waals surface area contributed by atoms with Gasteiger partial charge in [0.15, 0.2) is 0 Å². The molecule has 0 bridgehead atoms. The maximum absolute atomic E-state index is 12.6. The number of piperidine rings is 1. The minimum absolute atomic E-state index is 0.0465. The van der Waals surface area contributed by atoms with E-state index in [1.807, 2.05) is 0 Å². The Morgan fingerprint density at radius 3 is 2.64 bits per heavy atom. The van der Waals surface area contributed by atoms with Crippen molar-refractivity contribution in [2.45, 2.75) is 36.5 Å². The summed E-state index contributed by atoms with van der Waals surface area (Å²) in [6, 6.07) is 9.02. The highest BCUT2D eigenvalue weighted by Gasteiger charge is 2.27. The normalized spacial score (nSPS) is 15.3. The van der Waals surface area contributed by atoms with E-state index in [2.05, 4.69) is 0 Å². The van der Waals surface area contributed by atoms with Gasteiger partial charge in [-0.15, -0.1) is 11.3 Å². The van der Waals surface area contributed by atoms with Gasteiger partial charge in [-0.3, -0.25) is 14.9 Å². The van der Waals surface area contributed by atoms with Crippen LogP contribution < -0.4 is 0 Å². The van der Waals surface area contributed by atoms with Gasteiger partial charge in [0.25, 0.3) is 15.7 Å². The number of benzene rings is 1. The van der Waals surface area contributed by atoms with Crippen molar-refractivity contribution in [3.63, 3.8) is 0 Å². The molecule has 10 heteroatoms. The van der Waals surface area contributed by atoms with Crippen LogP contribution in [0, 0.1) is 10.1 Å². The lowest BCUT2D eigenvalue weighted by molar-refractivity contribution is -0.384. The molecule has 0 amide bonds. The SMILES string of the molecule is O=C(Cc1ccc(S(=O)(=O)N2CCCCC2)s1)OCc1cccc([N+](=O)[O-])c1. The number of esters is 1. The van der Waals surface area contributed by atoms with Crippen molar-refractivity contribution in [2.75, 3.05) is 13.1 Å². The van der Waals surface area contributed by atoms with Crippen LogP contribution in [0.3, 0.4) is 0 Å². The Balaban J connectivity index is 1.58. The Morgan fingerprint density at radius 2 is 1.93 bits per heavy atom. The Hall–Kier alpha value is -2.30. The highest BCUT2D eigenvalue weighted by atomic mass is 32.2. The first-order valence-corrected chi connectivity index (χ1v) is 11.1. The third-order valence-electron chi connectivity index (χ3n) is 4.39. The van der Waals surface area contributed by atoms with Crippen LogP contribution in [0.5, 0.6) is 0 Å². The van der Waals surface area contributed by atoms with Crippen LogP contribution in [0.4, 0.5) is 5.69 Å². The fourth-order valence-corrected chi connectivity index (χ4v) is 5.95. The van der Waals surface area contributed by atoms with Crippen molar-refractivity contribution in [1.29, 1.82) is 0 Å². The Bertz CT molecular complexity index is 964. The minimum Gasteiger partial charge on any atom is -0.461 e. The second-order valence-electron chi connectivity index (χ2n) is 6.45. The van der Waals surface area contributed by atoms with Gasteiger partial charge >= 0.3 is 5.97 Å². The fourth-order valence-electron chi connectivity index (χ4n) is 2.94. The summed E-state index contributed by atoms with van der Waals surface area (Å²) < 4.78 is 32.2. The number of ether oxygens (including phenoxy) is 1. The molecule has 2 heterocycles. The monoisotopic (exact) mass is 424 g/mol. The quantitative estimate of drug-likeness (QED) is 0.384. The molecule has 1 aromatic heterocycles. The van der Waals surface area contributed by atoms with E-state index in [1.165, 1.54) is 28.6 Å².